The van der Waals surface area contributed by atoms with E-state index in [1.165, 1.54) is 0 Å². The molecule has 0 aliphatic heterocycles. The number of carbonyl (C=O) groups excluding carboxylic acids is 1. The fourth-order valence-corrected chi connectivity index (χ4v) is 1.38. The zero-order valence-corrected chi connectivity index (χ0v) is 9.27. The van der Waals surface area contributed by atoms with E-state index in [2.05, 4.69) is 4.98 Å². The van der Waals surface area contributed by atoms with E-state index in [1.807, 2.05) is 26.0 Å². The fraction of sp³-hybridized carbons (Fsp3) is 0.500. The summed E-state index contributed by atoms with van der Waals surface area (Å²) in [6, 6.07) is 3.87. The molecule has 1 atom stereocenters. The van der Waals surface area contributed by atoms with Gasteiger partial charge in [0.05, 0.1) is 0 Å². The van der Waals surface area contributed by atoms with E-state index in [0.717, 1.165) is 18.4 Å². The van der Waals surface area contributed by atoms with Crippen LogP contribution >= 0.6 is 0 Å². The Morgan fingerprint density at radius 2 is 2.40 bits per heavy atom. The molecule has 0 aliphatic rings. The molecule has 3 heteroatoms. The number of esters is 1. The van der Waals surface area contributed by atoms with Crippen molar-refractivity contribution in [1.29, 1.82) is 0 Å². The molecule has 1 aromatic rings. The summed E-state index contributed by atoms with van der Waals surface area (Å²) in [5.74, 6) is -0.117. The zero-order valence-electron chi connectivity index (χ0n) is 9.27. The van der Waals surface area contributed by atoms with Gasteiger partial charge in [0.1, 0.15) is 6.10 Å². The highest BCUT2D eigenvalue weighted by molar-refractivity contribution is 5.69. The maximum Gasteiger partial charge on any atom is 0.306 e. The van der Waals surface area contributed by atoms with Crippen molar-refractivity contribution in [3.8, 4) is 0 Å². The van der Waals surface area contributed by atoms with Crippen LogP contribution in [0.5, 0.6) is 0 Å². The van der Waals surface area contributed by atoms with Crippen molar-refractivity contribution >= 4 is 5.97 Å². The second kappa shape index (κ2) is 6.17. The molecule has 0 amide bonds. The Morgan fingerprint density at radius 3 is 3.00 bits per heavy atom. The molecule has 0 fully saturated rings. The highest BCUT2D eigenvalue weighted by Gasteiger charge is 2.08. The normalized spacial score (nSPS) is 12.1. The molecule has 0 N–H and O–H groups in total. The molecule has 0 bridgehead atoms. The van der Waals surface area contributed by atoms with Crippen LogP contribution in [0.25, 0.3) is 0 Å². The summed E-state index contributed by atoms with van der Waals surface area (Å²) in [6.45, 7) is 3.87. The van der Waals surface area contributed by atoms with Crippen LogP contribution in [-0.4, -0.2) is 17.1 Å². The van der Waals surface area contributed by atoms with Crippen LogP contribution in [0.15, 0.2) is 24.5 Å². The fourth-order valence-electron chi connectivity index (χ4n) is 1.38. The number of hydrogen-bond acceptors (Lipinski definition) is 3. The van der Waals surface area contributed by atoms with Crippen LogP contribution < -0.4 is 0 Å². The van der Waals surface area contributed by atoms with Crippen molar-refractivity contribution in [3.63, 3.8) is 0 Å². The summed E-state index contributed by atoms with van der Waals surface area (Å²) in [5.41, 5.74) is 1.09. The summed E-state index contributed by atoms with van der Waals surface area (Å²) >= 11 is 0. The van der Waals surface area contributed by atoms with Crippen LogP contribution in [0, 0.1) is 0 Å². The highest BCUT2D eigenvalue weighted by atomic mass is 16.5. The SMILES string of the molecule is CCCC(=O)OC(C)Cc1cccnc1. The van der Waals surface area contributed by atoms with E-state index in [4.69, 9.17) is 4.74 Å². The lowest BCUT2D eigenvalue weighted by atomic mass is 10.1. The lowest BCUT2D eigenvalue weighted by Crippen LogP contribution is -2.16. The van der Waals surface area contributed by atoms with Crippen LogP contribution in [0.2, 0.25) is 0 Å². The summed E-state index contributed by atoms with van der Waals surface area (Å²) in [6.07, 6.45) is 5.51. The summed E-state index contributed by atoms with van der Waals surface area (Å²) in [4.78, 5) is 15.2. The number of carbonyl (C=O) groups is 1. The first-order valence-electron chi connectivity index (χ1n) is 5.30. The van der Waals surface area contributed by atoms with Crippen molar-refractivity contribution in [1.82, 2.24) is 4.98 Å². The van der Waals surface area contributed by atoms with Gasteiger partial charge in [-0.15, -0.1) is 0 Å². The number of aromatic nitrogens is 1. The number of hydrogen-bond donors (Lipinski definition) is 0. The minimum atomic E-state index is -0.117. The Morgan fingerprint density at radius 1 is 1.60 bits per heavy atom. The monoisotopic (exact) mass is 207 g/mol. The zero-order chi connectivity index (χ0) is 11.1. The molecule has 82 valence electrons. The smallest absolute Gasteiger partial charge is 0.306 e. The van der Waals surface area contributed by atoms with E-state index in [-0.39, 0.29) is 12.1 Å². The van der Waals surface area contributed by atoms with Gasteiger partial charge in [-0.1, -0.05) is 13.0 Å². The van der Waals surface area contributed by atoms with Gasteiger partial charge in [0.2, 0.25) is 0 Å². The lowest BCUT2D eigenvalue weighted by Gasteiger charge is -2.12. The first-order chi connectivity index (χ1) is 7.22. The second-order valence-electron chi connectivity index (χ2n) is 3.62. The highest BCUT2D eigenvalue weighted by Crippen LogP contribution is 2.05. The van der Waals surface area contributed by atoms with Gasteiger partial charge < -0.3 is 4.74 Å². The molecule has 0 spiro atoms. The Balaban J connectivity index is 2.36. The predicted octanol–water partition coefficient (Wildman–Crippen LogP) is 2.36. The molecule has 15 heavy (non-hydrogen) atoms. The van der Waals surface area contributed by atoms with Crippen molar-refractivity contribution in [2.45, 2.75) is 39.2 Å². The molecular weight excluding hydrogens is 190 g/mol. The third-order valence-corrected chi connectivity index (χ3v) is 2.03. The topological polar surface area (TPSA) is 39.2 Å². The van der Waals surface area contributed by atoms with Gasteiger partial charge in [0.25, 0.3) is 0 Å². The van der Waals surface area contributed by atoms with Gasteiger partial charge in [0.15, 0.2) is 0 Å². The van der Waals surface area contributed by atoms with E-state index in [1.54, 1.807) is 12.4 Å². The standard InChI is InChI=1S/C12H17NO2/c1-3-5-12(14)15-10(2)8-11-6-4-7-13-9-11/h4,6-7,9-10H,3,5,8H2,1-2H3. The number of ether oxygens (including phenoxy) is 1. The number of rotatable bonds is 5. The van der Waals surface area contributed by atoms with E-state index in [9.17, 15) is 4.79 Å². The molecule has 0 saturated heterocycles. The van der Waals surface area contributed by atoms with Crippen molar-refractivity contribution < 1.29 is 9.53 Å². The largest absolute Gasteiger partial charge is 0.462 e. The van der Waals surface area contributed by atoms with Gasteiger partial charge in [-0.25, -0.2) is 0 Å². The third kappa shape index (κ3) is 4.58. The quantitative estimate of drug-likeness (QED) is 0.696. The van der Waals surface area contributed by atoms with Crippen molar-refractivity contribution in [3.05, 3.63) is 30.1 Å². The van der Waals surface area contributed by atoms with Gasteiger partial charge in [-0.05, 0) is 25.0 Å². The van der Waals surface area contributed by atoms with E-state index < -0.39 is 0 Å². The van der Waals surface area contributed by atoms with Gasteiger partial charge in [-0.3, -0.25) is 9.78 Å². The van der Waals surface area contributed by atoms with E-state index >= 15 is 0 Å². The van der Waals surface area contributed by atoms with Gasteiger partial charge in [0, 0.05) is 25.2 Å². The molecule has 0 saturated carbocycles. The first kappa shape index (κ1) is 11.7. The molecule has 1 unspecified atom stereocenters. The van der Waals surface area contributed by atoms with Crippen LogP contribution in [-0.2, 0) is 16.0 Å². The Hall–Kier alpha value is -1.38. The molecule has 1 rings (SSSR count). The average molecular weight is 207 g/mol. The molecular formula is C12H17NO2. The maximum absolute atomic E-state index is 11.2. The van der Waals surface area contributed by atoms with Crippen LogP contribution in [0.4, 0.5) is 0 Å². The minimum absolute atomic E-state index is 0.0757. The predicted molar refractivity (Wildman–Crippen MR) is 58.4 cm³/mol. The van der Waals surface area contributed by atoms with Gasteiger partial charge in [-0.2, -0.15) is 0 Å². The van der Waals surface area contributed by atoms with E-state index in [0.29, 0.717) is 6.42 Å². The molecule has 1 heterocycles. The molecule has 1 aromatic heterocycles. The third-order valence-electron chi connectivity index (χ3n) is 2.03. The first-order valence-corrected chi connectivity index (χ1v) is 5.30. The van der Waals surface area contributed by atoms with Crippen molar-refractivity contribution in [2.75, 3.05) is 0 Å². The Labute approximate surface area is 90.5 Å². The molecule has 0 aromatic carbocycles. The number of pyridine rings is 1. The maximum atomic E-state index is 11.2. The number of nitrogens with zero attached hydrogens (tertiary/aromatic N) is 1. The average Bonchev–Trinajstić information content (AvgIpc) is 2.19. The van der Waals surface area contributed by atoms with Crippen molar-refractivity contribution in [2.24, 2.45) is 0 Å². The minimum Gasteiger partial charge on any atom is -0.462 e. The van der Waals surface area contributed by atoms with Crippen LogP contribution in [0.1, 0.15) is 32.3 Å². The van der Waals surface area contributed by atoms with Crippen LogP contribution in [0.3, 0.4) is 0 Å². The summed E-state index contributed by atoms with van der Waals surface area (Å²) in [5, 5.41) is 0. The Kier molecular flexibility index (Phi) is 4.81. The summed E-state index contributed by atoms with van der Waals surface area (Å²) in [7, 11) is 0. The molecule has 0 radical (unpaired) electrons. The second-order valence-corrected chi connectivity index (χ2v) is 3.62. The molecule has 0 aliphatic carbocycles. The Bertz CT molecular complexity index is 298. The molecule has 3 nitrogen and oxygen atoms in total. The lowest BCUT2D eigenvalue weighted by molar-refractivity contribution is -0.148. The van der Waals surface area contributed by atoms with Gasteiger partial charge >= 0.3 is 5.97 Å². The summed E-state index contributed by atoms with van der Waals surface area (Å²) < 4.78 is 5.23.